The van der Waals surface area contributed by atoms with Gasteiger partial charge in [0.15, 0.2) is 0 Å². The standard InChI is InChI=1S/C26H37N5O3/c1-3-10-30(11-4-2)26-27-23(19-24(28-26)34-18-15-29-13-16-33-17-14-29)25(32)31-12-9-21-7-5-6-8-22(21)20-31/h5-8,19H,3-4,9-18,20H2,1-2H3. The van der Waals surface area contributed by atoms with Gasteiger partial charge in [-0.1, -0.05) is 38.1 Å². The summed E-state index contributed by atoms with van der Waals surface area (Å²) in [5.41, 5.74) is 2.93. The molecule has 4 rings (SSSR count). The zero-order valence-electron chi connectivity index (χ0n) is 20.5. The number of rotatable bonds is 10. The summed E-state index contributed by atoms with van der Waals surface area (Å²) >= 11 is 0. The number of hydrogen-bond acceptors (Lipinski definition) is 7. The largest absolute Gasteiger partial charge is 0.476 e. The summed E-state index contributed by atoms with van der Waals surface area (Å²) in [6, 6.07) is 10.0. The molecule has 0 N–H and O–H groups in total. The van der Waals surface area contributed by atoms with Crippen molar-refractivity contribution in [3.05, 3.63) is 47.2 Å². The third kappa shape index (κ3) is 6.24. The number of anilines is 1. The van der Waals surface area contributed by atoms with Crippen molar-refractivity contribution in [3.63, 3.8) is 0 Å². The van der Waals surface area contributed by atoms with Crippen molar-refractivity contribution in [2.45, 2.75) is 39.7 Å². The van der Waals surface area contributed by atoms with Gasteiger partial charge in [-0.15, -0.1) is 0 Å². The molecule has 1 aromatic heterocycles. The molecular formula is C26H37N5O3. The molecule has 0 bridgehead atoms. The van der Waals surface area contributed by atoms with Gasteiger partial charge in [0.1, 0.15) is 12.3 Å². The second kappa shape index (κ2) is 12.1. The van der Waals surface area contributed by atoms with Gasteiger partial charge in [-0.25, -0.2) is 4.98 Å². The van der Waals surface area contributed by atoms with E-state index in [1.165, 1.54) is 11.1 Å². The number of hydrogen-bond donors (Lipinski definition) is 0. The highest BCUT2D eigenvalue weighted by Gasteiger charge is 2.25. The van der Waals surface area contributed by atoms with E-state index in [4.69, 9.17) is 19.4 Å². The Hall–Kier alpha value is -2.71. The summed E-state index contributed by atoms with van der Waals surface area (Å²) in [5.74, 6) is 0.980. The molecule has 1 saturated heterocycles. The fourth-order valence-electron chi connectivity index (χ4n) is 4.52. The lowest BCUT2D eigenvalue weighted by molar-refractivity contribution is 0.0320. The Morgan fingerprint density at radius 2 is 1.79 bits per heavy atom. The monoisotopic (exact) mass is 467 g/mol. The Balaban J connectivity index is 1.52. The average Bonchev–Trinajstić information content (AvgIpc) is 2.88. The van der Waals surface area contributed by atoms with Crippen LogP contribution in [0.15, 0.2) is 30.3 Å². The van der Waals surface area contributed by atoms with Crippen LogP contribution in [0.2, 0.25) is 0 Å². The Kier molecular flexibility index (Phi) is 8.71. The van der Waals surface area contributed by atoms with Crippen LogP contribution in [0, 0.1) is 0 Å². The van der Waals surface area contributed by atoms with Crippen molar-refractivity contribution in [2.75, 3.05) is 64.0 Å². The summed E-state index contributed by atoms with van der Waals surface area (Å²) in [7, 11) is 0. The average molecular weight is 468 g/mol. The zero-order valence-corrected chi connectivity index (χ0v) is 20.5. The molecule has 184 valence electrons. The lowest BCUT2D eigenvalue weighted by Gasteiger charge is -2.29. The van der Waals surface area contributed by atoms with E-state index in [2.05, 4.69) is 41.8 Å². The zero-order chi connectivity index (χ0) is 23.8. The Bertz CT molecular complexity index is 942. The molecule has 34 heavy (non-hydrogen) atoms. The van der Waals surface area contributed by atoms with Gasteiger partial charge in [-0.3, -0.25) is 9.69 Å². The maximum absolute atomic E-state index is 13.5. The quantitative estimate of drug-likeness (QED) is 0.532. The van der Waals surface area contributed by atoms with Crippen LogP contribution < -0.4 is 9.64 Å². The van der Waals surface area contributed by atoms with Gasteiger partial charge >= 0.3 is 0 Å². The summed E-state index contributed by atoms with van der Waals surface area (Å²) in [5, 5.41) is 0. The SMILES string of the molecule is CCCN(CCC)c1nc(OCCN2CCOCC2)cc(C(=O)N2CCc3ccccc3C2)n1. The van der Waals surface area contributed by atoms with Crippen LogP contribution in [0.3, 0.4) is 0 Å². The summed E-state index contributed by atoms with van der Waals surface area (Å²) in [6.07, 6.45) is 2.83. The van der Waals surface area contributed by atoms with Crippen molar-refractivity contribution in [1.29, 1.82) is 0 Å². The molecule has 0 aliphatic carbocycles. The highest BCUT2D eigenvalue weighted by Crippen LogP contribution is 2.23. The molecule has 1 fully saturated rings. The first-order valence-corrected chi connectivity index (χ1v) is 12.6. The first-order valence-electron chi connectivity index (χ1n) is 12.6. The molecule has 0 spiro atoms. The smallest absolute Gasteiger partial charge is 0.273 e. The highest BCUT2D eigenvalue weighted by molar-refractivity contribution is 5.93. The molecule has 1 amide bonds. The first-order chi connectivity index (χ1) is 16.7. The molecule has 0 atom stereocenters. The van der Waals surface area contributed by atoms with Gasteiger partial charge in [0, 0.05) is 51.9 Å². The molecule has 3 heterocycles. The Morgan fingerprint density at radius 1 is 1.06 bits per heavy atom. The second-order valence-corrected chi connectivity index (χ2v) is 8.93. The van der Waals surface area contributed by atoms with Gasteiger partial charge in [0.05, 0.1) is 13.2 Å². The molecular weight excluding hydrogens is 430 g/mol. The lowest BCUT2D eigenvalue weighted by Crippen LogP contribution is -2.38. The molecule has 2 aliphatic heterocycles. The van der Waals surface area contributed by atoms with E-state index < -0.39 is 0 Å². The fourth-order valence-corrected chi connectivity index (χ4v) is 4.52. The number of benzene rings is 1. The van der Waals surface area contributed by atoms with E-state index in [1.54, 1.807) is 6.07 Å². The van der Waals surface area contributed by atoms with E-state index in [9.17, 15) is 4.79 Å². The van der Waals surface area contributed by atoms with Crippen LogP contribution in [-0.2, 0) is 17.7 Å². The molecule has 8 nitrogen and oxygen atoms in total. The maximum Gasteiger partial charge on any atom is 0.273 e. The van der Waals surface area contributed by atoms with E-state index in [0.717, 1.165) is 65.2 Å². The van der Waals surface area contributed by atoms with E-state index >= 15 is 0 Å². The first kappa shape index (κ1) is 24.4. The minimum atomic E-state index is -0.0656. The van der Waals surface area contributed by atoms with Crippen molar-refractivity contribution < 1.29 is 14.3 Å². The topological polar surface area (TPSA) is 71.0 Å². The molecule has 0 unspecified atom stereocenters. The minimum absolute atomic E-state index is 0.0656. The van der Waals surface area contributed by atoms with Crippen LogP contribution >= 0.6 is 0 Å². The highest BCUT2D eigenvalue weighted by atomic mass is 16.5. The molecule has 2 aromatic rings. The van der Waals surface area contributed by atoms with Gasteiger partial charge in [-0.2, -0.15) is 4.98 Å². The number of morpholine rings is 1. The van der Waals surface area contributed by atoms with Crippen LogP contribution in [-0.4, -0.2) is 84.8 Å². The lowest BCUT2D eigenvalue weighted by atomic mass is 10.00. The minimum Gasteiger partial charge on any atom is -0.476 e. The third-order valence-electron chi connectivity index (χ3n) is 6.36. The second-order valence-electron chi connectivity index (χ2n) is 8.93. The van der Waals surface area contributed by atoms with Gasteiger partial charge < -0.3 is 19.3 Å². The molecule has 1 aromatic carbocycles. The third-order valence-corrected chi connectivity index (χ3v) is 6.36. The van der Waals surface area contributed by atoms with E-state index in [1.807, 2.05) is 11.0 Å². The maximum atomic E-state index is 13.5. The summed E-state index contributed by atoms with van der Waals surface area (Å²) < 4.78 is 11.5. The van der Waals surface area contributed by atoms with Crippen LogP contribution in [0.4, 0.5) is 5.95 Å². The van der Waals surface area contributed by atoms with Gasteiger partial charge in [-0.05, 0) is 30.4 Å². The van der Waals surface area contributed by atoms with Crippen molar-refractivity contribution >= 4 is 11.9 Å². The van der Waals surface area contributed by atoms with Gasteiger partial charge in [0.25, 0.3) is 5.91 Å². The number of carbonyl (C=O) groups is 1. The number of nitrogens with zero attached hydrogens (tertiary/aromatic N) is 5. The number of amides is 1. The molecule has 2 aliphatic rings. The van der Waals surface area contributed by atoms with Gasteiger partial charge in [0.2, 0.25) is 11.8 Å². The fraction of sp³-hybridized carbons (Fsp3) is 0.577. The number of fused-ring (bicyclic) bond motifs is 1. The molecule has 0 saturated carbocycles. The summed E-state index contributed by atoms with van der Waals surface area (Å²) in [6.45, 7) is 11.9. The van der Waals surface area contributed by atoms with Crippen LogP contribution in [0.25, 0.3) is 0 Å². The predicted molar refractivity (Wildman–Crippen MR) is 132 cm³/mol. The molecule has 8 heteroatoms. The normalized spacial score (nSPS) is 16.2. The van der Waals surface area contributed by atoms with Crippen LogP contribution in [0.5, 0.6) is 5.88 Å². The number of aromatic nitrogens is 2. The van der Waals surface area contributed by atoms with E-state index in [-0.39, 0.29) is 5.91 Å². The number of ether oxygens (including phenoxy) is 2. The Labute approximate surface area is 202 Å². The molecule has 0 radical (unpaired) electrons. The summed E-state index contributed by atoms with van der Waals surface area (Å²) in [4.78, 5) is 29.3. The number of carbonyl (C=O) groups excluding carboxylic acids is 1. The van der Waals surface area contributed by atoms with Crippen molar-refractivity contribution in [2.24, 2.45) is 0 Å². The van der Waals surface area contributed by atoms with Crippen molar-refractivity contribution in [3.8, 4) is 5.88 Å². The Morgan fingerprint density at radius 3 is 2.53 bits per heavy atom. The van der Waals surface area contributed by atoms with Crippen LogP contribution in [0.1, 0.15) is 48.3 Å². The van der Waals surface area contributed by atoms with Crippen molar-refractivity contribution in [1.82, 2.24) is 19.8 Å². The van der Waals surface area contributed by atoms with E-state index in [0.29, 0.717) is 37.2 Å². The predicted octanol–water partition coefficient (Wildman–Crippen LogP) is 3.01.